The van der Waals surface area contributed by atoms with Gasteiger partial charge in [0.2, 0.25) is 5.89 Å². The van der Waals surface area contributed by atoms with Gasteiger partial charge in [-0.05, 0) is 17.7 Å². The summed E-state index contributed by atoms with van der Waals surface area (Å²) in [6.07, 6.45) is 1.71. The van der Waals surface area contributed by atoms with E-state index in [-0.39, 0.29) is 5.89 Å². The number of thiol groups is 1. The average Bonchev–Trinajstić information content (AvgIpc) is 2.60. The van der Waals surface area contributed by atoms with Gasteiger partial charge in [-0.1, -0.05) is 18.7 Å². The molecule has 2 heterocycles. The molecule has 24 heavy (non-hydrogen) atoms. The molecule has 1 aliphatic heterocycles. The van der Waals surface area contributed by atoms with Gasteiger partial charge in [0.1, 0.15) is 13.2 Å². The Bertz CT molecular complexity index is 1030. The van der Waals surface area contributed by atoms with Crippen LogP contribution in [0.2, 0.25) is 0 Å². The van der Waals surface area contributed by atoms with E-state index in [1.54, 1.807) is 18.2 Å². The van der Waals surface area contributed by atoms with Gasteiger partial charge in [0, 0.05) is 17.0 Å². The van der Waals surface area contributed by atoms with Crippen molar-refractivity contribution in [1.29, 1.82) is 0 Å². The molecule has 0 N–H and O–H groups in total. The number of benzene rings is 2. The molecule has 2 aromatic carbocycles. The van der Waals surface area contributed by atoms with Gasteiger partial charge in [-0.25, -0.2) is 9.78 Å². The van der Waals surface area contributed by atoms with Crippen LogP contribution in [0, 0.1) is 0 Å². The third kappa shape index (κ3) is 2.45. The number of nitrogens with zero attached hydrogens (tertiary/aromatic N) is 1. The molecule has 5 nitrogen and oxygen atoms in total. The van der Waals surface area contributed by atoms with E-state index < -0.39 is 5.63 Å². The van der Waals surface area contributed by atoms with Crippen molar-refractivity contribution in [2.75, 3.05) is 13.2 Å². The zero-order valence-corrected chi connectivity index (χ0v) is 13.5. The van der Waals surface area contributed by atoms with Crippen LogP contribution < -0.4 is 15.1 Å². The second-order valence-corrected chi connectivity index (χ2v) is 5.78. The van der Waals surface area contributed by atoms with Crippen LogP contribution >= 0.6 is 12.6 Å². The molecule has 0 atom stereocenters. The zero-order valence-electron chi connectivity index (χ0n) is 12.6. The predicted molar refractivity (Wildman–Crippen MR) is 94.0 cm³/mol. The molecule has 120 valence electrons. The van der Waals surface area contributed by atoms with Crippen LogP contribution in [0.25, 0.3) is 28.4 Å². The first-order valence-corrected chi connectivity index (χ1v) is 7.81. The third-order valence-corrected chi connectivity index (χ3v) is 4.17. The second kappa shape index (κ2) is 5.72. The van der Waals surface area contributed by atoms with E-state index in [4.69, 9.17) is 13.9 Å². The fourth-order valence-corrected chi connectivity index (χ4v) is 2.81. The minimum atomic E-state index is -0.483. The first-order chi connectivity index (χ1) is 11.7. The van der Waals surface area contributed by atoms with Crippen molar-refractivity contribution in [2.45, 2.75) is 4.90 Å². The van der Waals surface area contributed by atoms with Gasteiger partial charge in [0.25, 0.3) is 0 Å². The monoisotopic (exact) mass is 339 g/mol. The molecule has 0 amide bonds. The average molecular weight is 339 g/mol. The summed E-state index contributed by atoms with van der Waals surface area (Å²) >= 11 is 4.42. The van der Waals surface area contributed by atoms with E-state index in [2.05, 4.69) is 24.2 Å². The van der Waals surface area contributed by atoms with E-state index in [1.165, 1.54) is 0 Å². The number of ether oxygens (including phenoxy) is 2. The third-order valence-electron chi connectivity index (χ3n) is 3.78. The summed E-state index contributed by atoms with van der Waals surface area (Å²) in [6.45, 7) is 4.66. The van der Waals surface area contributed by atoms with Crippen molar-refractivity contribution in [3.63, 3.8) is 0 Å². The van der Waals surface area contributed by atoms with Crippen molar-refractivity contribution < 1.29 is 13.9 Å². The summed E-state index contributed by atoms with van der Waals surface area (Å²) in [5.41, 5.74) is 1.52. The number of aromatic nitrogens is 1. The van der Waals surface area contributed by atoms with Crippen LogP contribution in [0.1, 0.15) is 5.56 Å². The normalized spacial score (nSPS) is 13.0. The van der Waals surface area contributed by atoms with E-state index in [0.717, 1.165) is 5.56 Å². The maximum absolute atomic E-state index is 12.4. The Morgan fingerprint density at radius 2 is 1.88 bits per heavy atom. The van der Waals surface area contributed by atoms with Gasteiger partial charge >= 0.3 is 5.63 Å². The zero-order chi connectivity index (χ0) is 16.7. The van der Waals surface area contributed by atoms with Crippen molar-refractivity contribution in [3.8, 4) is 23.0 Å². The minimum Gasteiger partial charge on any atom is -0.486 e. The van der Waals surface area contributed by atoms with Gasteiger partial charge < -0.3 is 13.9 Å². The lowest BCUT2D eigenvalue weighted by Gasteiger charge is -2.18. The van der Waals surface area contributed by atoms with Gasteiger partial charge in [0.15, 0.2) is 11.5 Å². The number of rotatable bonds is 2. The maximum atomic E-state index is 12.4. The molecule has 0 bridgehead atoms. The van der Waals surface area contributed by atoms with Crippen molar-refractivity contribution in [2.24, 2.45) is 0 Å². The molecule has 1 aliphatic rings. The Labute approximate surface area is 143 Å². The number of hydrogen-bond donors (Lipinski definition) is 1. The molecule has 4 rings (SSSR count). The molecule has 3 aromatic rings. The Kier molecular flexibility index (Phi) is 3.54. The summed E-state index contributed by atoms with van der Waals surface area (Å²) in [5, 5.41) is 0.351. The fraction of sp³-hybridized carbons (Fsp3) is 0.111. The molecular formula is C18H13NO4S. The van der Waals surface area contributed by atoms with Gasteiger partial charge in [-0.3, -0.25) is 0 Å². The predicted octanol–water partition coefficient (Wildman–Crippen LogP) is 3.56. The first-order valence-electron chi connectivity index (χ1n) is 7.36. The van der Waals surface area contributed by atoms with Crippen molar-refractivity contribution in [1.82, 2.24) is 4.98 Å². The Morgan fingerprint density at radius 1 is 1.12 bits per heavy atom. The van der Waals surface area contributed by atoms with Crippen molar-refractivity contribution in [3.05, 3.63) is 52.9 Å². The SMILES string of the molecule is C=Cc1ccc(S)c(-c2nc3cc4c(cc3c(=O)o2)OCCO4)c1. The van der Waals surface area contributed by atoms with E-state index >= 15 is 0 Å². The summed E-state index contributed by atoms with van der Waals surface area (Å²) < 4.78 is 16.4. The standard InChI is InChI=1S/C18H13NO4S/c1-2-10-3-4-16(24)12(7-10)17-19-13-9-15-14(21-5-6-22-15)8-11(13)18(20)23-17/h2-4,7-9,24H,1,5-6H2. The van der Waals surface area contributed by atoms with E-state index in [9.17, 15) is 4.79 Å². The van der Waals surface area contributed by atoms with Gasteiger partial charge in [-0.2, -0.15) is 0 Å². The fourth-order valence-electron chi connectivity index (χ4n) is 2.58. The largest absolute Gasteiger partial charge is 0.486 e. The van der Waals surface area contributed by atoms with Crippen LogP contribution in [0.4, 0.5) is 0 Å². The molecular weight excluding hydrogens is 326 g/mol. The lowest BCUT2D eigenvalue weighted by atomic mass is 10.1. The van der Waals surface area contributed by atoms with Crippen LogP contribution in [-0.4, -0.2) is 18.2 Å². The van der Waals surface area contributed by atoms with Crippen LogP contribution in [-0.2, 0) is 0 Å². The first kappa shape index (κ1) is 14.8. The molecule has 0 saturated carbocycles. The summed E-state index contributed by atoms with van der Waals surface area (Å²) in [6, 6.07) is 8.81. The Hall–Kier alpha value is -2.73. The summed E-state index contributed by atoms with van der Waals surface area (Å²) in [5.74, 6) is 1.31. The highest BCUT2D eigenvalue weighted by molar-refractivity contribution is 7.80. The maximum Gasteiger partial charge on any atom is 0.347 e. The molecule has 6 heteroatoms. The molecule has 0 fully saturated rings. The second-order valence-electron chi connectivity index (χ2n) is 5.30. The molecule has 0 spiro atoms. The molecule has 0 radical (unpaired) electrons. The minimum absolute atomic E-state index is 0.206. The lowest BCUT2D eigenvalue weighted by Crippen LogP contribution is -2.16. The molecule has 0 aliphatic carbocycles. The highest BCUT2D eigenvalue weighted by Gasteiger charge is 2.17. The van der Waals surface area contributed by atoms with Gasteiger partial charge in [0.05, 0.1) is 16.5 Å². The summed E-state index contributed by atoms with van der Waals surface area (Å²) in [7, 11) is 0. The van der Waals surface area contributed by atoms with Crippen molar-refractivity contribution >= 4 is 29.6 Å². The lowest BCUT2D eigenvalue weighted by molar-refractivity contribution is 0.172. The summed E-state index contributed by atoms with van der Waals surface area (Å²) in [4.78, 5) is 17.5. The number of fused-ring (bicyclic) bond motifs is 2. The highest BCUT2D eigenvalue weighted by atomic mass is 32.1. The quantitative estimate of drug-likeness (QED) is 0.724. The smallest absolute Gasteiger partial charge is 0.347 e. The number of hydrogen-bond acceptors (Lipinski definition) is 6. The Morgan fingerprint density at radius 3 is 2.62 bits per heavy atom. The van der Waals surface area contributed by atoms with E-state index in [1.807, 2.05) is 18.2 Å². The van der Waals surface area contributed by atoms with Crippen LogP contribution in [0.3, 0.4) is 0 Å². The molecule has 0 saturated heterocycles. The van der Waals surface area contributed by atoms with Crippen LogP contribution in [0.5, 0.6) is 11.5 Å². The highest BCUT2D eigenvalue weighted by Crippen LogP contribution is 2.34. The van der Waals surface area contributed by atoms with E-state index in [0.29, 0.717) is 46.1 Å². The molecule has 1 aromatic heterocycles. The topological polar surface area (TPSA) is 61.6 Å². The van der Waals surface area contributed by atoms with Gasteiger partial charge in [-0.15, -0.1) is 12.6 Å². The van der Waals surface area contributed by atoms with Crippen LogP contribution in [0.15, 0.2) is 51.0 Å². The Balaban J connectivity index is 1.95. The molecule has 0 unspecified atom stereocenters.